The van der Waals surface area contributed by atoms with Crippen LogP contribution in [0.5, 0.6) is 0 Å². The van der Waals surface area contributed by atoms with E-state index in [-0.39, 0.29) is 6.61 Å². The van der Waals surface area contributed by atoms with E-state index in [0.717, 1.165) is 0 Å². The molecule has 78 valence electrons. The molecule has 0 rings (SSSR count). The van der Waals surface area contributed by atoms with E-state index < -0.39 is 11.5 Å². The highest BCUT2D eigenvalue weighted by atomic mass is 16.5. The first-order chi connectivity index (χ1) is 6.10. The van der Waals surface area contributed by atoms with Gasteiger partial charge in [0.15, 0.2) is 0 Å². The van der Waals surface area contributed by atoms with Gasteiger partial charge in [-0.3, -0.25) is 0 Å². The van der Waals surface area contributed by atoms with E-state index in [9.17, 15) is 5.11 Å². The van der Waals surface area contributed by atoms with Crippen molar-refractivity contribution < 1.29 is 14.9 Å². The lowest BCUT2D eigenvalue weighted by Crippen LogP contribution is -2.39. The van der Waals surface area contributed by atoms with Crippen LogP contribution in [0.1, 0.15) is 20.3 Å². The smallest absolute Gasteiger partial charge is 0.0645 e. The van der Waals surface area contributed by atoms with Crippen molar-refractivity contribution in [3.05, 3.63) is 12.7 Å². The molecule has 2 unspecified atom stereocenters. The molecule has 2 atom stereocenters. The Kier molecular flexibility index (Phi) is 5.95. The van der Waals surface area contributed by atoms with E-state index >= 15 is 0 Å². The van der Waals surface area contributed by atoms with Crippen molar-refractivity contribution in [2.45, 2.75) is 26.4 Å². The van der Waals surface area contributed by atoms with Gasteiger partial charge in [0.05, 0.1) is 25.9 Å². The number of rotatable bonds is 7. The average Bonchev–Trinajstić information content (AvgIpc) is 2.16. The van der Waals surface area contributed by atoms with Crippen molar-refractivity contribution in [1.82, 2.24) is 0 Å². The highest BCUT2D eigenvalue weighted by Gasteiger charge is 2.31. The van der Waals surface area contributed by atoms with Gasteiger partial charge in [0.1, 0.15) is 0 Å². The summed E-state index contributed by atoms with van der Waals surface area (Å²) in [4.78, 5) is 0. The molecule has 0 bridgehead atoms. The lowest BCUT2D eigenvalue weighted by Gasteiger charge is -2.31. The van der Waals surface area contributed by atoms with E-state index in [1.807, 2.05) is 13.8 Å². The number of hydrogen-bond donors (Lipinski definition) is 2. The highest BCUT2D eigenvalue weighted by molar-refractivity contribution is 4.81. The fraction of sp³-hybridized carbons (Fsp3) is 0.800. The van der Waals surface area contributed by atoms with Gasteiger partial charge in [-0.15, -0.1) is 6.58 Å². The standard InChI is InChI=1S/C10H20O3/c1-4-6-13-8-10(3,7-11)9(12)5-2/h4,9,11-12H,1,5-8H2,2-3H3. The SMILES string of the molecule is C=CCOCC(C)(CO)C(O)CC. The van der Waals surface area contributed by atoms with Crippen molar-refractivity contribution >= 4 is 0 Å². The summed E-state index contributed by atoms with van der Waals surface area (Å²) >= 11 is 0. The molecular formula is C10H20O3. The molecule has 3 nitrogen and oxygen atoms in total. The molecule has 0 aliphatic carbocycles. The summed E-state index contributed by atoms with van der Waals surface area (Å²) in [5, 5.41) is 18.7. The maximum atomic E-state index is 9.61. The Balaban J connectivity index is 4.02. The molecule has 0 aromatic rings. The summed E-state index contributed by atoms with van der Waals surface area (Å²) in [5.74, 6) is 0. The maximum Gasteiger partial charge on any atom is 0.0645 e. The second kappa shape index (κ2) is 6.13. The van der Waals surface area contributed by atoms with Gasteiger partial charge in [0.25, 0.3) is 0 Å². The first-order valence-electron chi connectivity index (χ1n) is 4.58. The Bertz CT molecular complexity index is 147. The first kappa shape index (κ1) is 12.6. The van der Waals surface area contributed by atoms with Crippen molar-refractivity contribution in [2.24, 2.45) is 5.41 Å². The molecule has 0 fully saturated rings. The van der Waals surface area contributed by atoms with Crippen LogP contribution in [-0.4, -0.2) is 36.1 Å². The Morgan fingerprint density at radius 2 is 2.23 bits per heavy atom. The van der Waals surface area contributed by atoms with Gasteiger partial charge in [-0.2, -0.15) is 0 Å². The molecule has 0 aliphatic heterocycles. The van der Waals surface area contributed by atoms with Gasteiger partial charge in [0, 0.05) is 5.41 Å². The van der Waals surface area contributed by atoms with Crippen LogP contribution in [0.15, 0.2) is 12.7 Å². The molecule has 0 aromatic carbocycles. The Labute approximate surface area is 80.0 Å². The van der Waals surface area contributed by atoms with Gasteiger partial charge >= 0.3 is 0 Å². The van der Waals surface area contributed by atoms with Gasteiger partial charge in [-0.05, 0) is 6.42 Å². The number of ether oxygens (including phenoxy) is 1. The van der Waals surface area contributed by atoms with E-state index in [1.54, 1.807) is 6.08 Å². The Morgan fingerprint density at radius 3 is 2.62 bits per heavy atom. The highest BCUT2D eigenvalue weighted by Crippen LogP contribution is 2.23. The molecule has 13 heavy (non-hydrogen) atoms. The van der Waals surface area contributed by atoms with Crippen LogP contribution >= 0.6 is 0 Å². The van der Waals surface area contributed by atoms with Crippen molar-refractivity contribution in [2.75, 3.05) is 19.8 Å². The van der Waals surface area contributed by atoms with Crippen LogP contribution in [0.4, 0.5) is 0 Å². The second-order valence-electron chi connectivity index (χ2n) is 3.54. The summed E-state index contributed by atoms with van der Waals surface area (Å²) in [7, 11) is 0. The zero-order valence-corrected chi connectivity index (χ0v) is 8.49. The van der Waals surface area contributed by atoms with E-state index in [0.29, 0.717) is 19.6 Å². The minimum Gasteiger partial charge on any atom is -0.396 e. The van der Waals surface area contributed by atoms with Crippen LogP contribution in [0.2, 0.25) is 0 Å². The molecule has 0 radical (unpaired) electrons. The monoisotopic (exact) mass is 188 g/mol. The third kappa shape index (κ3) is 3.89. The number of aliphatic hydroxyl groups is 2. The Hall–Kier alpha value is -0.380. The lowest BCUT2D eigenvalue weighted by molar-refractivity contribution is -0.0594. The molecule has 0 aliphatic rings. The summed E-state index contributed by atoms with van der Waals surface area (Å²) in [5.41, 5.74) is -0.558. The van der Waals surface area contributed by atoms with Crippen LogP contribution in [0.3, 0.4) is 0 Å². The molecule has 0 spiro atoms. The minimum absolute atomic E-state index is 0.0703. The largest absolute Gasteiger partial charge is 0.396 e. The summed E-state index contributed by atoms with van der Waals surface area (Å²) in [6, 6.07) is 0. The summed E-state index contributed by atoms with van der Waals surface area (Å²) in [6.07, 6.45) is 1.74. The predicted molar refractivity (Wildman–Crippen MR) is 52.5 cm³/mol. The number of aliphatic hydroxyl groups excluding tert-OH is 2. The van der Waals surface area contributed by atoms with Gasteiger partial charge in [-0.25, -0.2) is 0 Å². The minimum atomic E-state index is -0.558. The molecule has 0 heterocycles. The molecule has 3 heteroatoms. The normalized spacial score (nSPS) is 17.8. The van der Waals surface area contributed by atoms with Crippen LogP contribution in [0, 0.1) is 5.41 Å². The van der Waals surface area contributed by atoms with E-state index in [2.05, 4.69) is 6.58 Å². The maximum absolute atomic E-state index is 9.61. The fourth-order valence-electron chi connectivity index (χ4n) is 1.12. The van der Waals surface area contributed by atoms with E-state index in [1.165, 1.54) is 0 Å². The van der Waals surface area contributed by atoms with Crippen molar-refractivity contribution in [1.29, 1.82) is 0 Å². The Morgan fingerprint density at radius 1 is 1.62 bits per heavy atom. The zero-order chi connectivity index (χ0) is 10.3. The quantitative estimate of drug-likeness (QED) is 0.462. The third-order valence-electron chi connectivity index (χ3n) is 2.22. The van der Waals surface area contributed by atoms with Gasteiger partial charge in [0.2, 0.25) is 0 Å². The number of hydrogen-bond acceptors (Lipinski definition) is 3. The molecule has 0 saturated heterocycles. The molecule has 0 saturated carbocycles. The van der Waals surface area contributed by atoms with E-state index in [4.69, 9.17) is 9.84 Å². The predicted octanol–water partition coefficient (Wildman–Crippen LogP) is 0.958. The third-order valence-corrected chi connectivity index (χ3v) is 2.22. The topological polar surface area (TPSA) is 49.7 Å². The summed E-state index contributed by atoms with van der Waals surface area (Å²) in [6.45, 7) is 7.94. The zero-order valence-electron chi connectivity index (χ0n) is 8.49. The van der Waals surface area contributed by atoms with Crippen molar-refractivity contribution in [3.63, 3.8) is 0 Å². The van der Waals surface area contributed by atoms with Crippen molar-refractivity contribution in [3.8, 4) is 0 Å². The molecule has 2 N–H and O–H groups in total. The lowest BCUT2D eigenvalue weighted by atomic mass is 9.84. The first-order valence-corrected chi connectivity index (χ1v) is 4.58. The summed E-state index contributed by atoms with van der Waals surface area (Å²) < 4.78 is 5.22. The molecular weight excluding hydrogens is 168 g/mol. The molecule has 0 amide bonds. The fourth-order valence-corrected chi connectivity index (χ4v) is 1.12. The van der Waals surface area contributed by atoms with Crippen LogP contribution in [0.25, 0.3) is 0 Å². The van der Waals surface area contributed by atoms with Gasteiger partial charge < -0.3 is 14.9 Å². The molecule has 0 aromatic heterocycles. The average molecular weight is 188 g/mol. The van der Waals surface area contributed by atoms with Crippen LogP contribution in [-0.2, 0) is 4.74 Å². The van der Waals surface area contributed by atoms with Gasteiger partial charge in [-0.1, -0.05) is 19.9 Å². The van der Waals surface area contributed by atoms with Crippen LogP contribution < -0.4 is 0 Å². The second-order valence-corrected chi connectivity index (χ2v) is 3.54.